The Bertz CT molecular complexity index is 870. The summed E-state index contributed by atoms with van der Waals surface area (Å²) in [6, 6.07) is 3.03. The summed E-state index contributed by atoms with van der Waals surface area (Å²) < 4.78 is 1.33. The maximum Gasteiger partial charge on any atom is 0.271 e. The van der Waals surface area contributed by atoms with Crippen LogP contribution in [0, 0.1) is 4.77 Å². The molecule has 1 amide bonds. The number of hydrogen-bond donors (Lipinski definition) is 3. The molecular weight excluding hydrogens is 318 g/mol. The molecule has 0 aliphatic carbocycles. The quantitative estimate of drug-likeness (QED) is 0.327. The van der Waals surface area contributed by atoms with Crippen LogP contribution in [-0.4, -0.2) is 31.8 Å². The number of pyridine rings is 1. The van der Waals surface area contributed by atoms with Crippen molar-refractivity contribution in [2.24, 2.45) is 5.10 Å². The van der Waals surface area contributed by atoms with Gasteiger partial charge in [-0.2, -0.15) is 5.10 Å². The van der Waals surface area contributed by atoms with Crippen molar-refractivity contribution in [3.05, 3.63) is 63.4 Å². The zero-order valence-corrected chi connectivity index (χ0v) is 12.7. The van der Waals surface area contributed by atoms with Gasteiger partial charge < -0.3 is 5.11 Å². The third-order valence-electron chi connectivity index (χ3n) is 2.82. The zero-order valence-electron chi connectivity index (χ0n) is 11.9. The number of aromatic amines is 1. The maximum absolute atomic E-state index is 11.8. The van der Waals surface area contributed by atoms with Gasteiger partial charge in [0.15, 0.2) is 4.77 Å². The van der Waals surface area contributed by atoms with E-state index >= 15 is 0 Å². The van der Waals surface area contributed by atoms with E-state index < -0.39 is 11.5 Å². The SMILES string of the molecule is C=CCn1c(O)c(C=NNC(=O)c2ccncc2)c(=O)[nH]c1=S. The Labute approximate surface area is 135 Å². The van der Waals surface area contributed by atoms with Crippen LogP contribution in [0.3, 0.4) is 0 Å². The topological polar surface area (TPSA) is 112 Å². The molecule has 0 fully saturated rings. The summed E-state index contributed by atoms with van der Waals surface area (Å²) in [5.74, 6) is -0.834. The predicted molar refractivity (Wildman–Crippen MR) is 87.0 cm³/mol. The van der Waals surface area contributed by atoms with E-state index in [1.54, 1.807) is 0 Å². The van der Waals surface area contributed by atoms with Gasteiger partial charge in [-0.1, -0.05) is 6.08 Å². The minimum Gasteiger partial charge on any atom is -0.494 e. The number of carbonyl (C=O) groups is 1. The van der Waals surface area contributed by atoms with Crippen molar-refractivity contribution < 1.29 is 9.90 Å². The molecule has 8 nitrogen and oxygen atoms in total. The van der Waals surface area contributed by atoms with Crippen LogP contribution in [0.4, 0.5) is 0 Å². The average molecular weight is 331 g/mol. The lowest BCUT2D eigenvalue weighted by Crippen LogP contribution is -2.21. The van der Waals surface area contributed by atoms with Crippen molar-refractivity contribution in [1.29, 1.82) is 0 Å². The van der Waals surface area contributed by atoms with Gasteiger partial charge in [0.05, 0.1) is 6.21 Å². The highest BCUT2D eigenvalue weighted by atomic mass is 32.1. The van der Waals surface area contributed by atoms with E-state index in [2.05, 4.69) is 27.1 Å². The molecule has 2 aromatic rings. The van der Waals surface area contributed by atoms with Gasteiger partial charge in [0.1, 0.15) is 5.56 Å². The molecule has 0 spiro atoms. The molecule has 0 saturated carbocycles. The van der Waals surface area contributed by atoms with E-state index in [-0.39, 0.29) is 22.8 Å². The molecule has 2 rings (SSSR count). The number of amides is 1. The first-order chi connectivity index (χ1) is 11.0. The van der Waals surface area contributed by atoms with Gasteiger partial charge in [-0.15, -0.1) is 6.58 Å². The minimum absolute atomic E-state index is 0.0605. The molecule has 0 saturated heterocycles. The monoisotopic (exact) mass is 331 g/mol. The molecule has 0 unspecified atom stereocenters. The Morgan fingerprint density at radius 3 is 2.87 bits per heavy atom. The number of allylic oxidation sites excluding steroid dienone is 1. The van der Waals surface area contributed by atoms with Crippen LogP contribution < -0.4 is 11.0 Å². The highest BCUT2D eigenvalue weighted by molar-refractivity contribution is 7.71. The Kier molecular flexibility index (Phi) is 5.15. The van der Waals surface area contributed by atoms with Gasteiger partial charge in [0.2, 0.25) is 5.88 Å². The summed E-state index contributed by atoms with van der Waals surface area (Å²) in [6.07, 6.45) is 5.49. The van der Waals surface area contributed by atoms with Crippen LogP contribution in [-0.2, 0) is 6.54 Å². The Morgan fingerprint density at radius 2 is 2.22 bits per heavy atom. The van der Waals surface area contributed by atoms with Crippen LogP contribution in [0.5, 0.6) is 5.88 Å². The van der Waals surface area contributed by atoms with Gasteiger partial charge >= 0.3 is 0 Å². The van der Waals surface area contributed by atoms with E-state index in [1.807, 2.05) is 0 Å². The summed E-state index contributed by atoms with van der Waals surface area (Å²) >= 11 is 4.95. The Hall–Kier alpha value is -3.07. The van der Waals surface area contributed by atoms with Crippen LogP contribution in [0.2, 0.25) is 0 Å². The van der Waals surface area contributed by atoms with E-state index in [0.29, 0.717) is 5.56 Å². The number of hydrogen-bond acceptors (Lipinski definition) is 6. The third-order valence-corrected chi connectivity index (χ3v) is 3.14. The first-order valence-corrected chi connectivity index (χ1v) is 6.86. The molecule has 0 aromatic carbocycles. The van der Waals surface area contributed by atoms with Crippen molar-refractivity contribution in [3.8, 4) is 5.88 Å². The number of rotatable bonds is 5. The lowest BCUT2D eigenvalue weighted by atomic mass is 10.3. The molecule has 0 radical (unpaired) electrons. The molecule has 23 heavy (non-hydrogen) atoms. The van der Waals surface area contributed by atoms with Crippen molar-refractivity contribution in [2.75, 3.05) is 0 Å². The fourth-order valence-electron chi connectivity index (χ4n) is 1.71. The second-order valence-corrected chi connectivity index (χ2v) is 4.72. The number of nitrogens with zero attached hydrogens (tertiary/aromatic N) is 3. The predicted octanol–water partition coefficient (Wildman–Crippen LogP) is 0.956. The number of aromatic hydroxyl groups is 1. The molecule has 0 aliphatic rings. The third kappa shape index (κ3) is 3.77. The van der Waals surface area contributed by atoms with E-state index in [1.165, 1.54) is 35.2 Å². The summed E-state index contributed by atoms with van der Waals surface area (Å²) in [6.45, 7) is 3.76. The summed E-state index contributed by atoms with van der Waals surface area (Å²) in [4.78, 5) is 29.8. The molecular formula is C14H13N5O3S. The first kappa shape index (κ1) is 16.3. The van der Waals surface area contributed by atoms with Gasteiger partial charge in [0.25, 0.3) is 11.5 Å². The van der Waals surface area contributed by atoms with Crippen molar-refractivity contribution in [2.45, 2.75) is 6.54 Å². The highest BCUT2D eigenvalue weighted by Crippen LogP contribution is 2.11. The normalized spacial score (nSPS) is 10.6. The number of hydrazone groups is 1. The second-order valence-electron chi connectivity index (χ2n) is 4.33. The van der Waals surface area contributed by atoms with Crippen LogP contribution >= 0.6 is 12.2 Å². The Morgan fingerprint density at radius 1 is 1.52 bits per heavy atom. The molecule has 118 valence electrons. The fraction of sp³-hybridized carbons (Fsp3) is 0.0714. The minimum atomic E-state index is -0.616. The lowest BCUT2D eigenvalue weighted by Gasteiger charge is -2.08. The summed E-state index contributed by atoms with van der Waals surface area (Å²) in [7, 11) is 0. The standard InChI is InChI=1S/C14H13N5O3S/c1-2-7-19-13(22)10(12(21)17-14(19)23)8-16-18-11(20)9-3-5-15-6-4-9/h2-6,8,22H,1,7H2,(H,18,20)(H,17,21,23). The van der Waals surface area contributed by atoms with E-state index in [0.717, 1.165) is 6.21 Å². The van der Waals surface area contributed by atoms with Crippen molar-refractivity contribution in [1.82, 2.24) is 20.0 Å². The number of H-pyrrole nitrogens is 1. The fourth-order valence-corrected chi connectivity index (χ4v) is 1.97. The number of nitrogens with one attached hydrogen (secondary N) is 2. The maximum atomic E-state index is 11.8. The lowest BCUT2D eigenvalue weighted by molar-refractivity contribution is 0.0955. The van der Waals surface area contributed by atoms with Crippen molar-refractivity contribution in [3.63, 3.8) is 0 Å². The van der Waals surface area contributed by atoms with Crippen LogP contribution in [0.25, 0.3) is 0 Å². The molecule has 2 heterocycles. The average Bonchev–Trinajstić information content (AvgIpc) is 2.55. The van der Waals surface area contributed by atoms with Gasteiger partial charge in [-0.25, -0.2) is 5.43 Å². The molecule has 0 atom stereocenters. The Balaban J connectivity index is 2.25. The second kappa shape index (κ2) is 7.27. The van der Waals surface area contributed by atoms with E-state index in [4.69, 9.17) is 12.2 Å². The molecule has 2 aromatic heterocycles. The smallest absolute Gasteiger partial charge is 0.271 e. The summed E-state index contributed by atoms with van der Waals surface area (Å²) in [5, 5.41) is 13.8. The molecule has 3 N–H and O–H groups in total. The zero-order chi connectivity index (χ0) is 16.8. The van der Waals surface area contributed by atoms with Gasteiger partial charge in [0, 0.05) is 24.5 Å². The van der Waals surface area contributed by atoms with Crippen LogP contribution in [0.15, 0.2) is 47.1 Å². The highest BCUT2D eigenvalue weighted by Gasteiger charge is 2.10. The summed E-state index contributed by atoms with van der Waals surface area (Å²) in [5.41, 5.74) is 1.87. The first-order valence-electron chi connectivity index (χ1n) is 6.45. The molecule has 0 bridgehead atoms. The largest absolute Gasteiger partial charge is 0.494 e. The van der Waals surface area contributed by atoms with Crippen LogP contribution in [0.1, 0.15) is 15.9 Å². The number of aromatic nitrogens is 3. The number of carbonyl (C=O) groups excluding carboxylic acids is 1. The van der Waals surface area contributed by atoms with Gasteiger partial charge in [-0.3, -0.25) is 24.1 Å². The molecule has 0 aliphatic heterocycles. The molecule has 9 heteroatoms. The van der Waals surface area contributed by atoms with Gasteiger partial charge in [-0.05, 0) is 24.4 Å². The van der Waals surface area contributed by atoms with E-state index in [9.17, 15) is 14.7 Å². The van der Waals surface area contributed by atoms with Crippen molar-refractivity contribution >= 4 is 24.3 Å².